The maximum Gasteiger partial charge on any atom is 0.298 e. The van der Waals surface area contributed by atoms with Gasteiger partial charge in [-0.2, -0.15) is 16.8 Å². The summed E-state index contributed by atoms with van der Waals surface area (Å²) in [5.74, 6) is 2.14. The monoisotopic (exact) mass is 1060 g/mol. The van der Waals surface area contributed by atoms with E-state index < -0.39 is 30.0 Å². The highest BCUT2D eigenvalue weighted by Gasteiger charge is 2.21. The smallest absolute Gasteiger partial charge is 0.298 e. The van der Waals surface area contributed by atoms with E-state index in [-0.39, 0.29) is 17.9 Å². The van der Waals surface area contributed by atoms with E-state index in [0.717, 1.165) is 51.2 Å². The first-order chi connectivity index (χ1) is 35.1. The fourth-order valence-electron chi connectivity index (χ4n) is 7.59. The van der Waals surface area contributed by atoms with Crippen molar-refractivity contribution in [1.29, 1.82) is 0 Å². The zero-order valence-corrected chi connectivity index (χ0v) is 41.9. The van der Waals surface area contributed by atoms with Crippen LogP contribution in [0.1, 0.15) is 38.9 Å². The van der Waals surface area contributed by atoms with Crippen molar-refractivity contribution >= 4 is 44.3 Å². The predicted octanol–water partition coefficient (Wildman–Crippen LogP) is 13.2. The Morgan fingerprint density at radius 3 is 1.19 bits per heavy atom. The summed E-state index contributed by atoms with van der Waals surface area (Å²) in [5.41, 5.74) is 7.22. The van der Waals surface area contributed by atoms with E-state index in [9.17, 15) is 25.9 Å². The summed E-state index contributed by atoms with van der Waals surface area (Å²) in [6.07, 6.45) is 1.21. The molecule has 0 saturated carbocycles. The molecule has 376 valence electrons. The van der Waals surface area contributed by atoms with Crippen molar-refractivity contribution in [2.45, 2.75) is 45.8 Å². The molecule has 16 nitrogen and oxygen atoms in total. The highest BCUT2D eigenvalue weighted by Crippen LogP contribution is 2.38. The third-order valence-corrected chi connectivity index (χ3v) is 14.3. The van der Waals surface area contributed by atoms with Gasteiger partial charge in [-0.1, -0.05) is 88.9 Å². The molecule has 0 bridgehead atoms. The highest BCUT2D eigenvalue weighted by molar-refractivity contribution is 7.94. The normalized spacial score (nSPS) is 11.6. The number of benzene rings is 8. The number of aryl methyl sites for hydroxylation is 1. The van der Waals surface area contributed by atoms with Crippen LogP contribution in [0, 0.1) is 6.92 Å². The lowest BCUT2D eigenvalue weighted by atomic mass is 10.0. The molecule has 73 heavy (non-hydrogen) atoms. The van der Waals surface area contributed by atoms with Gasteiger partial charge in [-0.15, -0.1) is 8.67 Å². The molecule has 0 aliphatic carbocycles. The van der Waals surface area contributed by atoms with Crippen LogP contribution in [0.15, 0.2) is 189 Å². The molecular weight excluding hydrogens is 1020 g/mol. The van der Waals surface area contributed by atoms with Gasteiger partial charge in [0.2, 0.25) is 0 Å². The van der Waals surface area contributed by atoms with Crippen molar-refractivity contribution in [3.8, 4) is 51.4 Å². The van der Waals surface area contributed by atoms with Gasteiger partial charge >= 0.3 is 0 Å². The molecule has 0 aromatic heterocycles. The van der Waals surface area contributed by atoms with Crippen molar-refractivity contribution in [2.24, 2.45) is 0 Å². The van der Waals surface area contributed by atoms with Crippen LogP contribution in [0.4, 0.5) is 0 Å². The number of rotatable bonds is 22. The predicted molar refractivity (Wildman–Crippen MR) is 271 cm³/mol. The molecule has 8 aromatic carbocycles. The van der Waals surface area contributed by atoms with Gasteiger partial charge < -0.3 is 18.9 Å². The molecule has 0 unspecified atom stereocenters. The van der Waals surface area contributed by atoms with Crippen molar-refractivity contribution < 1.29 is 74.1 Å². The van der Waals surface area contributed by atoms with Crippen LogP contribution in [0.2, 0.25) is 0 Å². The summed E-state index contributed by atoms with van der Waals surface area (Å²) in [6, 6.07) is 48.7. The average Bonchev–Trinajstić information content (AvgIpc) is 3.38. The second-order valence-corrected chi connectivity index (χ2v) is 20.5. The van der Waals surface area contributed by atoms with Crippen LogP contribution >= 0.6 is 24.1 Å². The second-order valence-electron chi connectivity index (χ2n) is 16.2. The lowest BCUT2D eigenvalue weighted by Gasteiger charge is -2.14. The van der Waals surface area contributed by atoms with Crippen molar-refractivity contribution in [1.82, 2.24) is 0 Å². The van der Waals surface area contributed by atoms with E-state index in [1.54, 1.807) is 86.0 Å². The van der Waals surface area contributed by atoms with Crippen LogP contribution in [0.25, 0.3) is 11.1 Å². The Morgan fingerprint density at radius 1 is 0.411 bits per heavy atom. The molecule has 8 rings (SSSR count). The molecule has 0 amide bonds. The van der Waals surface area contributed by atoms with E-state index in [2.05, 4.69) is 14.4 Å². The highest BCUT2D eigenvalue weighted by atomic mass is 32.2. The van der Waals surface area contributed by atoms with Gasteiger partial charge in [-0.3, -0.25) is 9.11 Å². The van der Waals surface area contributed by atoms with Gasteiger partial charge in [-0.05, 0) is 167 Å². The van der Waals surface area contributed by atoms with Gasteiger partial charge in [0, 0.05) is 4.90 Å². The molecule has 20 heteroatoms. The molecule has 0 atom stereocenters. The summed E-state index contributed by atoms with van der Waals surface area (Å²) in [7, 11) is -7.77. The second kappa shape index (κ2) is 23.9. The van der Waals surface area contributed by atoms with Crippen LogP contribution in [-0.4, -0.2) is 43.6 Å². The summed E-state index contributed by atoms with van der Waals surface area (Å²) < 4.78 is 103. The molecule has 0 radical (unpaired) electrons. The molecule has 0 aliphatic heterocycles. The van der Waals surface area contributed by atoms with Crippen molar-refractivity contribution in [3.63, 3.8) is 0 Å². The van der Waals surface area contributed by atoms with E-state index in [4.69, 9.17) is 33.8 Å². The average molecular weight is 1070 g/mol. The molecule has 8 aromatic rings. The largest absolute Gasteiger partial charge is 0.497 e. The molecule has 0 aliphatic rings. The first-order valence-corrected chi connectivity index (χ1v) is 26.2. The SMILES string of the molecule is COc1ccc(Cc2ccc(Oc3ccc(Cc4ccc(Oc5ccc(-c6ccc(Oc7ccc(Cc8ccc(C)c(SOOO)c8)cc7S(=O)(=O)O)cc6)cc5)c(SOOO)c4)cc3S(=O)(=O)O)cc2)cc1. The molecule has 4 N–H and O–H groups in total. The van der Waals surface area contributed by atoms with E-state index in [1.807, 2.05) is 73.7 Å². The Morgan fingerprint density at radius 2 is 0.753 bits per heavy atom. The lowest BCUT2D eigenvalue weighted by molar-refractivity contribution is -0.432. The maximum atomic E-state index is 12.6. The minimum Gasteiger partial charge on any atom is -0.497 e. The van der Waals surface area contributed by atoms with Crippen molar-refractivity contribution in [2.75, 3.05) is 7.11 Å². The molecule has 0 saturated heterocycles. The molecule has 0 fully saturated rings. The fraction of sp³-hybridized carbons (Fsp3) is 0.0943. The summed E-state index contributed by atoms with van der Waals surface area (Å²) in [6.45, 7) is 1.85. The van der Waals surface area contributed by atoms with Crippen LogP contribution in [0.3, 0.4) is 0 Å². The number of hydrogen-bond acceptors (Lipinski definition) is 16. The Kier molecular flexibility index (Phi) is 17.2. The first-order valence-electron chi connectivity index (χ1n) is 21.8. The first kappa shape index (κ1) is 52.6. The van der Waals surface area contributed by atoms with E-state index >= 15 is 0 Å². The van der Waals surface area contributed by atoms with Gasteiger partial charge in [0.15, 0.2) is 0 Å². The standard InChI is InChI=1S/C53H44O16S4/c1-34-3-4-37(30-50(34)70-68-66-54)28-39-10-26-49(53(32-39)73(59,60)61)65-46-22-14-42(15-23-46)41-12-20-45(21-13-41)63-47-24-9-38(31-51(47)71-69-67-55)29-40-11-25-48(52(33-40)72(56,57)58)64-44-18-7-36(8-19-44)27-35-5-16-43(62-2)17-6-35/h3-26,30-33,54-55H,27-29H2,1-2H3,(H,56,57,58)(H,59,60,61). The number of hydrogen-bond donors (Lipinski definition) is 4. The summed E-state index contributed by atoms with van der Waals surface area (Å²) in [5, 5.41) is 25.1. The zero-order valence-electron chi connectivity index (χ0n) is 38.6. The summed E-state index contributed by atoms with van der Waals surface area (Å²) >= 11 is 1.50. The Balaban J connectivity index is 0.912. The van der Waals surface area contributed by atoms with Crippen LogP contribution < -0.4 is 18.9 Å². The van der Waals surface area contributed by atoms with Crippen LogP contribution in [0.5, 0.6) is 40.2 Å². The number of ether oxygens (including phenoxy) is 4. The lowest BCUT2D eigenvalue weighted by Crippen LogP contribution is -2.03. The number of methoxy groups -OCH3 is 1. The quantitative estimate of drug-likeness (QED) is 0.0214. The summed E-state index contributed by atoms with van der Waals surface area (Å²) in [4.78, 5) is 0.279. The minimum absolute atomic E-state index is 0.0519. The molecule has 0 spiro atoms. The fourth-order valence-corrected chi connectivity index (χ4v) is 9.92. The topological polar surface area (TPSA) is 223 Å². The van der Waals surface area contributed by atoms with Gasteiger partial charge in [0.1, 0.15) is 50.0 Å². The minimum atomic E-state index is -4.70. The maximum absolute atomic E-state index is 12.6. The zero-order chi connectivity index (χ0) is 51.5. The molecular formula is C53H44O16S4. The van der Waals surface area contributed by atoms with E-state index in [1.165, 1.54) is 24.3 Å². The van der Waals surface area contributed by atoms with Gasteiger partial charge in [0.05, 0.1) is 36.1 Å². The van der Waals surface area contributed by atoms with Crippen LogP contribution in [-0.2, 0) is 58.2 Å². The molecule has 0 heterocycles. The van der Waals surface area contributed by atoms with Gasteiger partial charge in [0.25, 0.3) is 20.2 Å². The Bertz CT molecular complexity index is 3410. The Hall–Kier alpha value is -6.76. The van der Waals surface area contributed by atoms with E-state index in [0.29, 0.717) is 74.4 Å². The third kappa shape index (κ3) is 14.3. The van der Waals surface area contributed by atoms with Crippen molar-refractivity contribution in [3.05, 3.63) is 209 Å². The third-order valence-electron chi connectivity index (χ3n) is 11.2. The van der Waals surface area contributed by atoms with Gasteiger partial charge in [-0.25, -0.2) is 10.5 Å². The Labute approximate surface area is 429 Å².